The highest BCUT2D eigenvalue weighted by atomic mass is 16.6. The number of esters is 1. The standard InChI is InChI=1S/C29H38N4O3/c1-32(2)24(9-18-6-4-3-5-7-18)27(35)36-29-14-19-8-20(15-29)13-28(12-19,17-29)25(31)26(34)33-22(16-30)10-21-11-23(21)33/h3-7,19-25H,8-15,17,31H2,1-2H3/t19-,20?,21?,22-,23?,24?,25+,28?,29?/m0/s1. The predicted molar refractivity (Wildman–Crippen MR) is 134 cm³/mol. The summed E-state index contributed by atoms with van der Waals surface area (Å²) in [5, 5.41) is 9.64. The molecule has 0 spiro atoms. The first-order valence-corrected chi connectivity index (χ1v) is 13.6. The molecule has 7 nitrogen and oxygen atoms in total. The van der Waals surface area contributed by atoms with E-state index in [1.54, 1.807) is 0 Å². The Balaban J connectivity index is 1.22. The first kappa shape index (κ1) is 23.9. The normalized spacial score (nSPS) is 39.4. The van der Waals surface area contributed by atoms with E-state index in [9.17, 15) is 14.9 Å². The van der Waals surface area contributed by atoms with Crippen molar-refractivity contribution in [1.29, 1.82) is 5.26 Å². The molecule has 9 atom stereocenters. The van der Waals surface area contributed by atoms with Crippen LogP contribution < -0.4 is 5.73 Å². The van der Waals surface area contributed by atoms with Crippen molar-refractivity contribution in [3.63, 3.8) is 0 Å². The van der Waals surface area contributed by atoms with E-state index in [0.717, 1.165) is 50.5 Å². The van der Waals surface area contributed by atoms with Crippen molar-refractivity contribution >= 4 is 11.9 Å². The summed E-state index contributed by atoms with van der Waals surface area (Å²) < 4.78 is 6.48. The maximum absolute atomic E-state index is 13.7. The Kier molecular flexibility index (Phi) is 5.69. The lowest BCUT2D eigenvalue weighted by atomic mass is 9.46. The van der Waals surface area contributed by atoms with Gasteiger partial charge in [0, 0.05) is 6.04 Å². The van der Waals surface area contributed by atoms with E-state index >= 15 is 0 Å². The topological polar surface area (TPSA) is 99.7 Å². The molecule has 5 saturated carbocycles. The van der Waals surface area contributed by atoms with E-state index in [4.69, 9.17) is 10.5 Å². The zero-order valence-corrected chi connectivity index (χ0v) is 21.4. The molecule has 1 aromatic rings. The second-order valence-electron chi connectivity index (χ2n) is 12.8. The highest BCUT2D eigenvalue weighted by Gasteiger charge is 2.64. The molecular weight excluding hydrogens is 452 g/mol. The molecule has 7 rings (SSSR count). The van der Waals surface area contributed by atoms with Crippen LogP contribution in [-0.4, -0.2) is 65.5 Å². The van der Waals surface area contributed by atoms with Crippen LogP contribution >= 0.6 is 0 Å². The molecule has 192 valence electrons. The van der Waals surface area contributed by atoms with Gasteiger partial charge in [-0.2, -0.15) is 5.26 Å². The number of ether oxygens (including phenoxy) is 1. The van der Waals surface area contributed by atoms with E-state index < -0.39 is 11.6 Å². The Hall–Kier alpha value is -2.43. The second kappa shape index (κ2) is 8.56. The molecule has 6 aliphatic rings. The van der Waals surface area contributed by atoms with Crippen LogP contribution in [0.4, 0.5) is 0 Å². The van der Waals surface area contributed by atoms with Crippen LogP contribution in [0, 0.1) is 34.5 Å². The summed E-state index contributed by atoms with van der Waals surface area (Å²) in [4.78, 5) is 31.1. The number of nitrogens with zero attached hydrogens (tertiary/aromatic N) is 3. The van der Waals surface area contributed by atoms with Crippen LogP contribution in [0.3, 0.4) is 0 Å². The lowest BCUT2D eigenvalue weighted by Crippen LogP contribution is -2.66. The number of hydrogen-bond donors (Lipinski definition) is 1. The Morgan fingerprint density at radius 3 is 2.47 bits per heavy atom. The lowest BCUT2D eigenvalue weighted by Gasteiger charge is -2.62. The number of amides is 1. The fourth-order valence-corrected chi connectivity index (χ4v) is 8.64. The number of likely N-dealkylation sites (tertiary alicyclic amines) is 1. The summed E-state index contributed by atoms with van der Waals surface area (Å²) in [6.45, 7) is 0. The Labute approximate surface area is 213 Å². The number of carbonyl (C=O) groups excluding carboxylic acids is 2. The fourth-order valence-electron chi connectivity index (χ4n) is 8.64. The minimum Gasteiger partial charge on any atom is -0.458 e. The van der Waals surface area contributed by atoms with Gasteiger partial charge in [0.05, 0.1) is 12.1 Å². The van der Waals surface area contributed by atoms with Crippen molar-refractivity contribution < 1.29 is 14.3 Å². The van der Waals surface area contributed by atoms with E-state index in [1.165, 1.54) is 0 Å². The summed E-state index contributed by atoms with van der Waals surface area (Å²) in [6, 6.07) is 11.3. The van der Waals surface area contributed by atoms with E-state index in [1.807, 2.05) is 54.2 Å². The number of nitrogens with two attached hydrogens (primary N) is 1. The number of benzene rings is 1. The molecule has 5 aliphatic carbocycles. The van der Waals surface area contributed by atoms with Crippen LogP contribution in [0.2, 0.25) is 0 Å². The Bertz CT molecular complexity index is 1070. The Morgan fingerprint density at radius 2 is 1.83 bits per heavy atom. The fraction of sp³-hybridized carbons (Fsp3) is 0.690. The van der Waals surface area contributed by atoms with Gasteiger partial charge in [-0.05, 0) is 101 Å². The largest absolute Gasteiger partial charge is 0.458 e. The number of hydrogen-bond acceptors (Lipinski definition) is 6. The average Bonchev–Trinajstić information content (AvgIpc) is 3.50. The molecule has 1 amide bonds. The second-order valence-corrected chi connectivity index (χ2v) is 12.8. The molecule has 4 bridgehead atoms. The molecule has 6 unspecified atom stereocenters. The maximum Gasteiger partial charge on any atom is 0.324 e. The van der Waals surface area contributed by atoms with Gasteiger partial charge in [0.2, 0.25) is 5.91 Å². The van der Waals surface area contributed by atoms with Gasteiger partial charge in [-0.1, -0.05) is 30.3 Å². The minimum atomic E-state index is -0.634. The number of rotatable bonds is 7. The third-order valence-corrected chi connectivity index (χ3v) is 9.97. The number of carbonyl (C=O) groups is 2. The molecule has 1 heterocycles. The average molecular weight is 491 g/mol. The van der Waals surface area contributed by atoms with Crippen LogP contribution in [0.25, 0.3) is 0 Å². The highest BCUT2D eigenvalue weighted by Crippen LogP contribution is 2.64. The SMILES string of the molecule is CN(C)C(Cc1ccccc1)C(=O)OC12CC3C[C@H](C1)CC([C@H](N)C(=O)N1C4CC4C[C@H]1C#N)(C3)C2. The smallest absolute Gasteiger partial charge is 0.324 e. The predicted octanol–water partition coefficient (Wildman–Crippen LogP) is 2.88. The zero-order chi connectivity index (χ0) is 25.2. The van der Waals surface area contributed by atoms with E-state index in [0.29, 0.717) is 30.6 Å². The zero-order valence-electron chi connectivity index (χ0n) is 21.4. The van der Waals surface area contributed by atoms with E-state index in [2.05, 4.69) is 6.07 Å². The monoisotopic (exact) mass is 490 g/mol. The molecule has 36 heavy (non-hydrogen) atoms. The molecule has 0 aromatic heterocycles. The molecule has 7 heteroatoms. The number of fused-ring (bicyclic) bond motifs is 1. The summed E-state index contributed by atoms with van der Waals surface area (Å²) in [5.74, 6) is 1.12. The summed E-state index contributed by atoms with van der Waals surface area (Å²) >= 11 is 0. The number of piperidine rings is 1. The number of nitriles is 1. The van der Waals surface area contributed by atoms with Gasteiger partial charge in [0.1, 0.15) is 17.7 Å². The van der Waals surface area contributed by atoms with Crippen molar-refractivity contribution in [3.05, 3.63) is 35.9 Å². The maximum atomic E-state index is 13.7. The highest BCUT2D eigenvalue weighted by molar-refractivity contribution is 5.84. The lowest BCUT2D eigenvalue weighted by molar-refractivity contribution is -0.209. The van der Waals surface area contributed by atoms with E-state index in [-0.39, 0.29) is 35.4 Å². The molecular formula is C29H38N4O3. The van der Waals surface area contributed by atoms with Gasteiger partial charge in [-0.3, -0.25) is 14.5 Å². The van der Waals surface area contributed by atoms with Crippen LogP contribution in [0.15, 0.2) is 30.3 Å². The van der Waals surface area contributed by atoms with Crippen LogP contribution in [0.1, 0.15) is 56.9 Å². The molecule has 1 aliphatic heterocycles. The quantitative estimate of drug-likeness (QED) is 0.590. The molecule has 1 aromatic carbocycles. The van der Waals surface area contributed by atoms with Gasteiger partial charge in [-0.25, -0.2) is 0 Å². The van der Waals surface area contributed by atoms with Crippen LogP contribution in [0.5, 0.6) is 0 Å². The minimum absolute atomic E-state index is 0.0507. The number of likely N-dealkylation sites (N-methyl/N-ethyl adjacent to an activating group) is 1. The van der Waals surface area contributed by atoms with Crippen molar-refractivity contribution in [3.8, 4) is 6.07 Å². The van der Waals surface area contributed by atoms with Gasteiger partial charge in [0.15, 0.2) is 0 Å². The first-order valence-electron chi connectivity index (χ1n) is 13.6. The third kappa shape index (κ3) is 3.94. The van der Waals surface area contributed by atoms with Crippen molar-refractivity contribution in [2.75, 3.05) is 14.1 Å². The van der Waals surface area contributed by atoms with Gasteiger partial charge in [-0.15, -0.1) is 0 Å². The summed E-state index contributed by atoms with van der Waals surface area (Å²) in [5.41, 5.74) is 7.07. The van der Waals surface area contributed by atoms with Gasteiger partial charge < -0.3 is 15.4 Å². The van der Waals surface area contributed by atoms with Crippen LogP contribution in [-0.2, 0) is 20.7 Å². The Morgan fingerprint density at radius 1 is 1.14 bits per heavy atom. The first-order chi connectivity index (χ1) is 17.2. The molecule has 0 radical (unpaired) electrons. The van der Waals surface area contributed by atoms with Gasteiger partial charge in [0.25, 0.3) is 0 Å². The molecule has 2 N–H and O–H groups in total. The van der Waals surface area contributed by atoms with Crippen molar-refractivity contribution in [2.24, 2.45) is 28.9 Å². The summed E-state index contributed by atoms with van der Waals surface area (Å²) in [7, 11) is 3.86. The van der Waals surface area contributed by atoms with Crippen molar-refractivity contribution in [2.45, 2.75) is 87.6 Å². The molecule has 1 saturated heterocycles. The summed E-state index contributed by atoms with van der Waals surface area (Å²) in [6.07, 6.45) is 7.79. The van der Waals surface area contributed by atoms with Gasteiger partial charge >= 0.3 is 5.97 Å². The van der Waals surface area contributed by atoms with Crippen molar-refractivity contribution in [1.82, 2.24) is 9.80 Å². The molecule has 6 fully saturated rings. The third-order valence-electron chi connectivity index (χ3n) is 9.97.